The number of sulfonamides is 1. The normalized spacial score (nSPS) is 15.5. The van der Waals surface area contributed by atoms with Gasteiger partial charge in [-0.3, -0.25) is 0 Å². The highest BCUT2D eigenvalue weighted by Gasteiger charge is 2.16. The minimum Gasteiger partial charge on any atom is -0.389 e. The summed E-state index contributed by atoms with van der Waals surface area (Å²) >= 11 is 0. The van der Waals surface area contributed by atoms with E-state index in [4.69, 9.17) is 0 Å². The first-order chi connectivity index (χ1) is 8.74. The van der Waals surface area contributed by atoms with Crippen LogP contribution >= 0.6 is 0 Å². The van der Waals surface area contributed by atoms with Crippen LogP contribution in [0.15, 0.2) is 29.2 Å². The molecule has 0 fully saturated rings. The van der Waals surface area contributed by atoms with Crippen molar-refractivity contribution in [3.8, 4) is 0 Å². The van der Waals surface area contributed by atoms with E-state index in [2.05, 4.69) is 4.72 Å². The number of aliphatic hydroxyl groups is 1. The van der Waals surface area contributed by atoms with Crippen LogP contribution in [0.2, 0.25) is 0 Å². The highest BCUT2D eigenvalue weighted by molar-refractivity contribution is 7.89. The molecule has 2 N–H and O–H groups in total. The van der Waals surface area contributed by atoms with Crippen LogP contribution < -0.4 is 4.72 Å². The Labute approximate surface area is 115 Å². The fourth-order valence-corrected chi connectivity index (χ4v) is 2.61. The van der Waals surface area contributed by atoms with Crippen LogP contribution in [0.25, 0.3) is 0 Å². The lowest BCUT2D eigenvalue weighted by Crippen LogP contribution is -2.38. The smallest absolute Gasteiger partial charge is 0.240 e. The van der Waals surface area contributed by atoms with Crippen LogP contribution in [-0.4, -0.2) is 45.1 Å². The lowest BCUT2D eigenvalue weighted by Gasteiger charge is -2.20. The number of benzene rings is 1. The zero-order valence-electron chi connectivity index (χ0n) is 11.8. The van der Waals surface area contributed by atoms with Crippen LogP contribution in [0.1, 0.15) is 25.5 Å². The van der Waals surface area contributed by atoms with Crippen LogP contribution in [0.5, 0.6) is 0 Å². The third kappa shape index (κ3) is 4.58. The van der Waals surface area contributed by atoms with E-state index >= 15 is 0 Å². The predicted molar refractivity (Wildman–Crippen MR) is 75.4 cm³/mol. The molecule has 6 heteroatoms. The highest BCUT2D eigenvalue weighted by atomic mass is 32.2. The summed E-state index contributed by atoms with van der Waals surface area (Å²) in [5.74, 6) is 0. The molecule has 0 spiro atoms. The Balaban J connectivity index is 2.86. The summed E-state index contributed by atoms with van der Waals surface area (Å²) in [5.41, 5.74) is 0.587. The number of likely N-dealkylation sites (N-methyl/N-ethyl adjacent to an activating group) is 1. The summed E-state index contributed by atoms with van der Waals surface area (Å²) in [5, 5.41) is 9.48. The molecule has 0 aliphatic carbocycles. The quantitative estimate of drug-likeness (QED) is 0.817. The first kappa shape index (κ1) is 16.1. The van der Waals surface area contributed by atoms with Crippen LogP contribution in [0.4, 0.5) is 0 Å². The maximum Gasteiger partial charge on any atom is 0.240 e. The summed E-state index contributed by atoms with van der Waals surface area (Å²) in [6, 6.07) is 6.45. The Bertz CT molecular complexity index is 512. The lowest BCUT2D eigenvalue weighted by molar-refractivity contribution is 0.199. The molecule has 2 atom stereocenters. The molecule has 0 bridgehead atoms. The molecule has 0 amide bonds. The van der Waals surface area contributed by atoms with E-state index in [1.165, 1.54) is 12.1 Å². The van der Waals surface area contributed by atoms with Gasteiger partial charge in [-0.1, -0.05) is 12.1 Å². The van der Waals surface area contributed by atoms with Crippen molar-refractivity contribution in [1.29, 1.82) is 0 Å². The summed E-state index contributed by atoms with van der Waals surface area (Å²) in [6.45, 7) is 3.89. The molecule has 0 aliphatic heterocycles. The van der Waals surface area contributed by atoms with Crippen molar-refractivity contribution in [3.63, 3.8) is 0 Å². The molecule has 108 valence electrons. The molecule has 0 aromatic heterocycles. The van der Waals surface area contributed by atoms with Gasteiger partial charge < -0.3 is 10.0 Å². The highest BCUT2D eigenvalue weighted by Crippen LogP contribution is 2.17. The van der Waals surface area contributed by atoms with Gasteiger partial charge in [0.15, 0.2) is 0 Å². The van der Waals surface area contributed by atoms with E-state index in [0.717, 1.165) is 0 Å². The van der Waals surface area contributed by atoms with Gasteiger partial charge >= 0.3 is 0 Å². The van der Waals surface area contributed by atoms with Crippen LogP contribution in [0.3, 0.4) is 0 Å². The van der Waals surface area contributed by atoms with Gasteiger partial charge in [0.1, 0.15) is 0 Å². The minimum absolute atomic E-state index is 0.106. The Hall–Kier alpha value is -0.950. The maximum absolute atomic E-state index is 12.1. The first-order valence-corrected chi connectivity index (χ1v) is 7.66. The first-order valence-electron chi connectivity index (χ1n) is 6.18. The molecule has 1 aromatic rings. The Kier molecular flexibility index (Phi) is 5.49. The van der Waals surface area contributed by atoms with Gasteiger partial charge in [-0.2, -0.15) is 0 Å². The molecule has 2 unspecified atom stereocenters. The van der Waals surface area contributed by atoms with E-state index in [0.29, 0.717) is 12.1 Å². The van der Waals surface area contributed by atoms with Gasteiger partial charge in [-0.25, -0.2) is 13.1 Å². The third-order valence-electron chi connectivity index (χ3n) is 3.10. The topological polar surface area (TPSA) is 69.6 Å². The second-order valence-corrected chi connectivity index (χ2v) is 6.68. The van der Waals surface area contributed by atoms with E-state index < -0.39 is 16.1 Å². The maximum atomic E-state index is 12.1. The van der Waals surface area contributed by atoms with Crippen molar-refractivity contribution in [2.45, 2.75) is 30.9 Å². The van der Waals surface area contributed by atoms with E-state index in [1.807, 2.05) is 25.9 Å². The molecule has 0 saturated carbocycles. The van der Waals surface area contributed by atoms with Crippen molar-refractivity contribution < 1.29 is 13.5 Å². The van der Waals surface area contributed by atoms with Gasteiger partial charge in [0.05, 0.1) is 11.0 Å². The van der Waals surface area contributed by atoms with Crippen LogP contribution in [-0.2, 0) is 10.0 Å². The molecular formula is C13H22N2O3S. The molecule has 1 aromatic carbocycles. The minimum atomic E-state index is -3.53. The zero-order chi connectivity index (χ0) is 14.6. The van der Waals surface area contributed by atoms with E-state index in [1.54, 1.807) is 19.1 Å². The summed E-state index contributed by atoms with van der Waals surface area (Å²) < 4.78 is 26.8. The number of rotatable bonds is 6. The molecule has 0 heterocycles. The van der Waals surface area contributed by atoms with E-state index in [-0.39, 0.29) is 10.9 Å². The molecule has 1 rings (SSSR count). The SMILES string of the molecule is CC(O)c1cccc(S(=O)(=O)NCC(C)N(C)C)c1. The largest absolute Gasteiger partial charge is 0.389 e. The van der Waals surface area contributed by atoms with Gasteiger partial charge in [0.2, 0.25) is 10.0 Å². The molecule has 19 heavy (non-hydrogen) atoms. The number of hydrogen-bond acceptors (Lipinski definition) is 4. The second-order valence-electron chi connectivity index (χ2n) is 4.91. The number of nitrogens with zero attached hydrogens (tertiary/aromatic N) is 1. The average Bonchev–Trinajstić information content (AvgIpc) is 2.36. The standard InChI is InChI=1S/C13H22N2O3S/c1-10(15(3)4)9-14-19(17,18)13-7-5-6-12(8-13)11(2)16/h5-8,10-11,14,16H,9H2,1-4H3. The fraction of sp³-hybridized carbons (Fsp3) is 0.538. The van der Waals surface area contributed by atoms with Crippen molar-refractivity contribution in [3.05, 3.63) is 29.8 Å². The lowest BCUT2D eigenvalue weighted by atomic mass is 10.1. The molecule has 5 nitrogen and oxygen atoms in total. The third-order valence-corrected chi connectivity index (χ3v) is 4.52. The molecular weight excluding hydrogens is 264 g/mol. The van der Waals surface area contributed by atoms with Gasteiger partial charge in [0, 0.05) is 12.6 Å². The zero-order valence-corrected chi connectivity index (χ0v) is 12.6. The molecule has 0 aliphatic rings. The summed E-state index contributed by atoms with van der Waals surface area (Å²) in [4.78, 5) is 2.12. The number of nitrogens with one attached hydrogen (secondary N) is 1. The van der Waals surface area contributed by atoms with Gasteiger partial charge in [-0.05, 0) is 45.6 Å². The van der Waals surface area contributed by atoms with Crippen molar-refractivity contribution >= 4 is 10.0 Å². The van der Waals surface area contributed by atoms with Gasteiger partial charge in [-0.15, -0.1) is 0 Å². The van der Waals surface area contributed by atoms with E-state index in [9.17, 15) is 13.5 Å². The van der Waals surface area contributed by atoms with Gasteiger partial charge in [0.25, 0.3) is 0 Å². The van der Waals surface area contributed by atoms with Crippen molar-refractivity contribution in [1.82, 2.24) is 9.62 Å². The summed E-state index contributed by atoms with van der Waals surface area (Å²) in [6.07, 6.45) is -0.684. The monoisotopic (exact) mass is 286 g/mol. The second kappa shape index (κ2) is 6.47. The Morgan fingerprint density at radius 2 is 1.95 bits per heavy atom. The van der Waals surface area contributed by atoms with Crippen LogP contribution in [0, 0.1) is 0 Å². The summed E-state index contributed by atoms with van der Waals surface area (Å²) in [7, 11) is 0.259. The van der Waals surface area contributed by atoms with Crippen molar-refractivity contribution in [2.24, 2.45) is 0 Å². The van der Waals surface area contributed by atoms with Crippen molar-refractivity contribution in [2.75, 3.05) is 20.6 Å². The average molecular weight is 286 g/mol. The number of hydrogen-bond donors (Lipinski definition) is 2. The molecule has 0 radical (unpaired) electrons. The fourth-order valence-electron chi connectivity index (χ4n) is 1.44. The number of aliphatic hydroxyl groups excluding tert-OH is 1. The molecule has 0 saturated heterocycles. The Morgan fingerprint density at radius 3 is 2.47 bits per heavy atom. The predicted octanol–water partition coefficient (Wildman–Crippen LogP) is 0.968. The Morgan fingerprint density at radius 1 is 1.32 bits per heavy atom.